The van der Waals surface area contributed by atoms with Gasteiger partial charge in [0, 0.05) is 11.9 Å². The van der Waals surface area contributed by atoms with Gasteiger partial charge in [-0.15, -0.1) is 0 Å². The molecule has 0 fully saturated rings. The number of hydrogen-bond donors (Lipinski definition) is 0. The van der Waals surface area contributed by atoms with Crippen LogP contribution in [0.2, 0.25) is 0 Å². The molecule has 0 aromatic heterocycles. The number of methoxy groups -OCH3 is 1. The van der Waals surface area contributed by atoms with E-state index in [1.807, 2.05) is 31.2 Å². The predicted molar refractivity (Wildman–Crippen MR) is 76.9 cm³/mol. The summed E-state index contributed by atoms with van der Waals surface area (Å²) < 4.78 is 16.3. The van der Waals surface area contributed by atoms with Crippen molar-refractivity contribution in [3.8, 4) is 11.5 Å². The summed E-state index contributed by atoms with van der Waals surface area (Å²) in [5, 5.41) is 0. The first-order valence-electron chi connectivity index (χ1n) is 6.25. The van der Waals surface area contributed by atoms with Gasteiger partial charge in [0.1, 0.15) is 0 Å². The molecule has 0 amide bonds. The lowest BCUT2D eigenvalue weighted by atomic mass is 10.2. The summed E-state index contributed by atoms with van der Waals surface area (Å²) in [5.74, 6) is 1.63. The van der Waals surface area contributed by atoms with Gasteiger partial charge in [-0.05, 0) is 31.9 Å². The quantitative estimate of drug-likeness (QED) is 0.514. The minimum absolute atomic E-state index is 0.397. The average molecular weight is 317 g/mol. The number of ether oxygens (including phenoxy) is 3. The van der Waals surface area contributed by atoms with Crippen molar-refractivity contribution >= 4 is 15.9 Å². The number of alkyl halides is 1. The molecule has 0 saturated carbocycles. The molecule has 102 valence electrons. The highest BCUT2D eigenvalue weighted by Gasteiger charge is 2.05. The van der Waals surface area contributed by atoms with Crippen LogP contribution in [0.3, 0.4) is 0 Å². The van der Waals surface area contributed by atoms with Crippen molar-refractivity contribution < 1.29 is 14.2 Å². The number of rotatable bonds is 9. The first-order valence-corrected chi connectivity index (χ1v) is 7.17. The van der Waals surface area contributed by atoms with Crippen LogP contribution in [0.25, 0.3) is 0 Å². The Hall–Kier alpha value is -0.740. The molecule has 1 rings (SSSR count). The molecule has 1 aromatic rings. The van der Waals surface area contributed by atoms with E-state index < -0.39 is 0 Å². The standard InChI is InChI=1S/C14H21BrO3/c1-3-17-13-8-4-5-9-14(13)18-10-6-7-12(15)11-16-2/h4-5,8-9,12H,3,6-7,10-11H2,1-2H3. The summed E-state index contributed by atoms with van der Waals surface area (Å²) in [6.07, 6.45) is 2.02. The van der Waals surface area contributed by atoms with Gasteiger partial charge in [0.05, 0.1) is 19.8 Å². The van der Waals surface area contributed by atoms with Gasteiger partial charge in [-0.25, -0.2) is 0 Å². The molecule has 0 spiro atoms. The topological polar surface area (TPSA) is 27.7 Å². The number of hydrogen-bond acceptors (Lipinski definition) is 3. The molecule has 4 heteroatoms. The van der Waals surface area contributed by atoms with Crippen LogP contribution in [0, 0.1) is 0 Å². The second kappa shape index (κ2) is 9.22. The lowest BCUT2D eigenvalue weighted by molar-refractivity contribution is 0.194. The highest BCUT2D eigenvalue weighted by Crippen LogP contribution is 2.26. The molecular formula is C14H21BrO3. The normalized spacial score (nSPS) is 12.2. The van der Waals surface area contributed by atoms with Crippen LogP contribution in [0.15, 0.2) is 24.3 Å². The Balaban J connectivity index is 2.30. The maximum absolute atomic E-state index is 5.73. The van der Waals surface area contributed by atoms with Crippen molar-refractivity contribution in [2.24, 2.45) is 0 Å². The van der Waals surface area contributed by atoms with Crippen molar-refractivity contribution in [3.63, 3.8) is 0 Å². The van der Waals surface area contributed by atoms with Crippen molar-refractivity contribution in [1.29, 1.82) is 0 Å². The van der Waals surface area contributed by atoms with E-state index in [2.05, 4.69) is 15.9 Å². The zero-order valence-electron chi connectivity index (χ0n) is 11.0. The second-order valence-electron chi connectivity index (χ2n) is 3.92. The summed E-state index contributed by atoms with van der Waals surface area (Å²) in [7, 11) is 1.71. The van der Waals surface area contributed by atoms with E-state index in [9.17, 15) is 0 Å². The van der Waals surface area contributed by atoms with E-state index >= 15 is 0 Å². The molecular weight excluding hydrogens is 296 g/mol. The van der Waals surface area contributed by atoms with Gasteiger partial charge in [0.25, 0.3) is 0 Å². The van der Waals surface area contributed by atoms with E-state index in [1.165, 1.54) is 0 Å². The number of para-hydroxylation sites is 2. The summed E-state index contributed by atoms with van der Waals surface area (Å²) in [5.41, 5.74) is 0. The van der Waals surface area contributed by atoms with E-state index in [-0.39, 0.29) is 0 Å². The Morgan fingerprint density at radius 2 is 1.83 bits per heavy atom. The summed E-state index contributed by atoms with van der Waals surface area (Å²) >= 11 is 3.56. The average Bonchev–Trinajstić information content (AvgIpc) is 2.37. The smallest absolute Gasteiger partial charge is 0.161 e. The molecule has 1 atom stereocenters. The van der Waals surface area contributed by atoms with Gasteiger partial charge in [0.2, 0.25) is 0 Å². The van der Waals surface area contributed by atoms with Crippen LogP contribution in [-0.2, 0) is 4.74 Å². The van der Waals surface area contributed by atoms with E-state index in [4.69, 9.17) is 14.2 Å². The fourth-order valence-corrected chi connectivity index (χ4v) is 2.18. The first kappa shape index (κ1) is 15.3. The van der Waals surface area contributed by atoms with Crippen LogP contribution in [0.4, 0.5) is 0 Å². The fraction of sp³-hybridized carbons (Fsp3) is 0.571. The molecule has 0 bridgehead atoms. The molecule has 1 aromatic carbocycles. The van der Waals surface area contributed by atoms with E-state index in [0.29, 0.717) is 18.0 Å². The van der Waals surface area contributed by atoms with E-state index in [1.54, 1.807) is 7.11 Å². The van der Waals surface area contributed by atoms with Crippen LogP contribution in [0.1, 0.15) is 19.8 Å². The number of halogens is 1. The second-order valence-corrected chi connectivity index (χ2v) is 5.22. The van der Waals surface area contributed by atoms with Gasteiger partial charge in [-0.2, -0.15) is 0 Å². The van der Waals surface area contributed by atoms with Crippen molar-refractivity contribution in [2.75, 3.05) is 26.9 Å². The molecule has 0 N–H and O–H groups in total. The Morgan fingerprint density at radius 3 is 2.44 bits per heavy atom. The first-order chi connectivity index (χ1) is 8.77. The highest BCUT2D eigenvalue weighted by molar-refractivity contribution is 9.09. The SMILES string of the molecule is CCOc1ccccc1OCCCC(Br)COC. The molecule has 0 aliphatic rings. The van der Waals surface area contributed by atoms with Gasteiger partial charge < -0.3 is 14.2 Å². The van der Waals surface area contributed by atoms with Crippen molar-refractivity contribution in [2.45, 2.75) is 24.6 Å². The van der Waals surface area contributed by atoms with E-state index in [0.717, 1.165) is 30.9 Å². The molecule has 0 aliphatic carbocycles. The maximum Gasteiger partial charge on any atom is 0.161 e. The Kier molecular flexibility index (Phi) is 7.85. The highest BCUT2D eigenvalue weighted by atomic mass is 79.9. The van der Waals surface area contributed by atoms with Crippen molar-refractivity contribution in [3.05, 3.63) is 24.3 Å². The lowest BCUT2D eigenvalue weighted by Gasteiger charge is -2.12. The van der Waals surface area contributed by atoms with Crippen LogP contribution >= 0.6 is 15.9 Å². The minimum Gasteiger partial charge on any atom is -0.490 e. The third kappa shape index (κ3) is 5.74. The molecule has 0 heterocycles. The van der Waals surface area contributed by atoms with Gasteiger partial charge in [-0.1, -0.05) is 28.1 Å². The van der Waals surface area contributed by atoms with Crippen LogP contribution < -0.4 is 9.47 Å². The Bertz CT molecular complexity index is 331. The number of benzene rings is 1. The fourth-order valence-electron chi connectivity index (χ4n) is 1.60. The Morgan fingerprint density at radius 1 is 1.17 bits per heavy atom. The van der Waals surface area contributed by atoms with Gasteiger partial charge >= 0.3 is 0 Å². The summed E-state index contributed by atoms with van der Waals surface area (Å²) in [4.78, 5) is 0.397. The molecule has 3 nitrogen and oxygen atoms in total. The third-order valence-electron chi connectivity index (χ3n) is 2.42. The molecule has 0 radical (unpaired) electrons. The lowest BCUT2D eigenvalue weighted by Crippen LogP contribution is -2.09. The molecule has 1 unspecified atom stereocenters. The Labute approximate surface area is 118 Å². The zero-order chi connectivity index (χ0) is 13.2. The van der Waals surface area contributed by atoms with Crippen LogP contribution in [0.5, 0.6) is 11.5 Å². The minimum atomic E-state index is 0.397. The summed E-state index contributed by atoms with van der Waals surface area (Å²) in [6, 6.07) is 7.77. The van der Waals surface area contributed by atoms with Gasteiger partial charge in [0.15, 0.2) is 11.5 Å². The largest absolute Gasteiger partial charge is 0.490 e. The van der Waals surface area contributed by atoms with Gasteiger partial charge in [-0.3, -0.25) is 0 Å². The monoisotopic (exact) mass is 316 g/mol. The predicted octanol–water partition coefficient (Wildman–Crippen LogP) is 3.65. The molecule has 0 saturated heterocycles. The summed E-state index contributed by atoms with van der Waals surface area (Å²) in [6.45, 7) is 4.04. The van der Waals surface area contributed by atoms with Crippen LogP contribution in [-0.4, -0.2) is 31.8 Å². The molecule has 0 aliphatic heterocycles. The zero-order valence-corrected chi connectivity index (χ0v) is 12.6. The van der Waals surface area contributed by atoms with Crippen molar-refractivity contribution in [1.82, 2.24) is 0 Å². The maximum atomic E-state index is 5.73. The molecule has 18 heavy (non-hydrogen) atoms. The third-order valence-corrected chi connectivity index (χ3v) is 3.14.